The third-order valence-electron chi connectivity index (χ3n) is 20.7. The summed E-state index contributed by atoms with van der Waals surface area (Å²) in [5.74, 6) is 1.31. The summed E-state index contributed by atoms with van der Waals surface area (Å²) in [5.41, 5.74) is 5.22. The van der Waals surface area contributed by atoms with Crippen molar-refractivity contribution in [1.29, 1.82) is 0 Å². The third kappa shape index (κ3) is 10.9. The molecule has 4 aromatic heterocycles. The number of piperidine rings is 1. The fourth-order valence-electron chi connectivity index (χ4n) is 15.5. The number of morpholine rings is 1. The molecule has 14 rings (SSSR count). The summed E-state index contributed by atoms with van der Waals surface area (Å²) in [6.45, 7) is 15.3. The van der Waals surface area contributed by atoms with E-state index in [0.29, 0.717) is 86.8 Å². The van der Waals surface area contributed by atoms with E-state index in [9.17, 15) is 28.4 Å². The summed E-state index contributed by atoms with van der Waals surface area (Å²) in [5, 5.41) is 26.6. The monoisotopic (exact) mass is 1220 g/mol. The van der Waals surface area contributed by atoms with Crippen LogP contribution < -0.4 is 38.9 Å². The number of hydrogen-bond acceptors (Lipinski definition) is 20. The van der Waals surface area contributed by atoms with Crippen LogP contribution in [0.1, 0.15) is 98.3 Å². The molecule has 2 saturated carbocycles. The number of methoxy groups -OCH3 is 1. The highest BCUT2D eigenvalue weighted by Crippen LogP contribution is 2.58. The summed E-state index contributed by atoms with van der Waals surface area (Å²) < 4.78 is 61.3. The number of nitrogens with one attached hydrogen (secondary N) is 3. The fourth-order valence-corrected chi connectivity index (χ4v) is 16.5. The molecule has 6 fully saturated rings. The lowest BCUT2D eigenvalue weighted by Gasteiger charge is -2.62. The molecule has 23 nitrogen and oxygen atoms in total. The Morgan fingerprint density at radius 1 is 0.898 bits per heavy atom. The van der Waals surface area contributed by atoms with Gasteiger partial charge in [-0.1, -0.05) is 31.2 Å². The van der Waals surface area contributed by atoms with E-state index in [1.807, 2.05) is 30.5 Å². The van der Waals surface area contributed by atoms with Crippen molar-refractivity contribution in [2.75, 3.05) is 106 Å². The van der Waals surface area contributed by atoms with Gasteiger partial charge in [-0.15, -0.1) is 0 Å². The summed E-state index contributed by atoms with van der Waals surface area (Å²) in [7, 11) is -3.13. The lowest BCUT2D eigenvalue weighted by atomic mass is 9.53. The number of carbonyl (C=O) groups excluding carboxylic acids is 1. The zero-order valence-electron chi connectivity index (χ0n) is 50.4. The Balaban J connectivity index is 0.719. The first-order valence-electron chi connectivity index (χ1n) is 31.2. The first kappa shape index (κ1) is 58.3. The van der Waals surface area contributed by atoms with Crippen molar-refractivity contribution in [3.8, 4) is 17.5 Å². The van der Waals surface area contributed by atoms with Gasteiger partial charge >= 0.3 is 5.69 Å². The summed E-state index contributed by atoms with van der Waals surface area (Å²) >= 11 is 0. The number of sulfonamides is 1. The number of pyridine rings is 3. The quantitative estimate of drug-likeness (QED) is 0.0633. The number of ether oxygens (including phenoxy) is 5. The molecular formula is C64H78N12O11S. The second-order valence-electron chi connectivity index (χ2n) is 25.9. The van der Waals surface area contributed by atoms with Crippen LogP contribution in [0.25, 0.3) is 11.0 Å². The number of carbonyl (C=O) groups is 1. The van der Waals surface area contributed by atoms with Crippen LogP contribution in [0.3, 0.4) is 0 Å². The van der Waals surface area contributed by atoms with E-state index in [1.165, 1.54) is 11.1 Å². The molecule has 4 N–H and O–H groups in total. The predicted molar refractivity (Wildman–Crippen MR) is 331 cm³/mol. The molecule has 6 atom stereocenters. The number of fused-ring (bicyclic) bond motifs is 4. The Labute approximate surface area is 512 Å². The Morgan fingerprint density at radius 2 is 1.70 bits per heavy atom. The van der Waals surface area contributed by atoms with Gasteiger partial charge in [0.15, 0.2) is 22.3 Å². The van der Waals surface area contributed by atoms with Crippen LogP contribution in [-0.2, 0) is 26.0 Å². The number of nitrogens with zero attached hydrogens (tertiary/aromatic N) is 9. The third-order valence-corrected chi connectivity index (χ3v) is 21.9. The molecule has 2 aliphatic carbocycles. The topological polar surface area (TPSA) is 255 Å². The van der Waals surface area contributed by atoms with Crippen LogP contribution >= 0.6 is 0 Å². The Morgan fingerprint density at radius 3 is 2.48 bits per heavy atom. The van der Waals surface area contributed by atoms with Crippen molar-refractivity contribution in [2.45, 2.75) is 120 Å². The number of rotatable bonds is 13. The molecule has 24 heteroatoms. The van der Waals surface area contributed by atoms with Crippen molar-refractivity contribution in [2.24, 2.45) is 17.3 Å². The normalized spacial score (nSPS) is 27.2. The standard InChI is InChI=1S/C64H78N12O11S/c1-39-7-5-6-8-45(39)53-36-71(35-41-29-54(83-4)59(66-34-41)73-24-27-84-28-25-73)22-23-74(53)52-33-64(40(52)2)17-20-72(21-18-64)44-9-10-46(49(31-44)75-48-14-26-85-38-55(48)87-61-51(75)30-43-13-19-65-58(43)69-61)60(77)70-88(81,82)56-32-50(76(79)80)57-62(68-56)86-37-47(67-57)42-11-15-63(3,78)16-12-42/h5-10,13,19,29-32,34,40,42,47-48,52-53,55,67,78H,11-12,14-18,20-28,33,35-38H2,1-4H3,(H,65,69)(H,70,77)/t40?,42?,47-,48+,52?,53+,55+,63?/m1/s1. The van der Waals surface area contributed by atoms with Crippen LogP contribution in [0.2, 0.25) is 0 Å². The molecule has 6 aromatic rings. The van der Waals surface area contributed by atoms with E-state index in [2.05, 4.69) is 88.7 Å². The van der Waals surface area contributed by atoms with Gasteiger partial charge in [-0.3, -0.25) is 24.7 Å². The average molecular weight is 1220 g/mol. The van der Waals surface area contributed by atoms with E-state index in [-0.39, 0.29) is 59.8 Å². The molecule has 0 bridgehead atoms. The largest absolute Gasteiger partial charge is 0.493 e. The lowest BCUT2D eigenvalue weighted by molar-refractivity contribution is -0.384. The minimum Gasteiger partial charge on any atom is -0.493 e. The SMILES string of the molecule is COc1cc(CN2CCN(C3CC4(CCN(c5ccc(C(=O)NS(=O)(=O)c6cc([N+](=O)[O-])c7c(n6)OC[C@H](C6CCC(C)(O)CC6)N7)c(N6c7cc8cc[nH]c8nc7O[C@H]7COCC[C@@H]76)c5)CC4)C3C)[C@H](c3ccccc3C)C2)cnc1N1CCOCC1. The van der Waals surface area contributed by atoms with Gasteiger partial charge in [0.05, 0.1) is 66.9 Å². The molecular weight excluding hydrogens is 1140 g/mol. The first-order chi connectivity index (χ1) is 42.5. The number of nitro groups is 1. The van der Waals surface area contributed by atoms with E-state index in [0.717, 1.165) is 106 Å². The molecule has 4 saturated heterocycles. The molecule has 10 heterocycles. The molecule has 8 aliphatic rings. The molecule has 466 valence electrons. The molecule has 0 radical (unpaired) electrons. The Hall–Kier alpha value is -7.35. The summed E-state index contributed by atoms with van der Waals surface area (Å²) in [4.78, 5) is 56.3. The number of aliphatic hydroxyl groups is 1. The van der Waals surface area contributed by atoms with Gasteiger partial charge in [0.2, 0.25) is 11.8 Å². The molecule has 6 aliphatic heterocycles. The van der Waals surface area contributed by atoms with Gasteiger partial charge in [0.1, 0.15) is 24.0 Å². The predicted octanol–water partition coefficient (Wildman–Crippen LogP) is 7.89. The Kier molecular flexibility index (Phi) is 15.4. The second-order valence-corrected chi connectivity index (χ2v) is 27.5. The number of amides is 1. The van der Waals surface area contributed by atoms with Gasteiger partial charge in [-0.2, -0.15) is 18.4 Å². The van der Waals surface area contributed by atoms with Gasteiger partial charge in [0, 0.05) is 94.5 Å². The van der Waals surface area contributed by atoms with E-state index < -0.39 is 43.3 Å². The molecule has 2 unspecified atom stereocenters. The average Bonchev–Trinajstić information content (AvgIpc) is 1.72. The summed E-state index contributed by atoms with van der Waals surface area (Å²) in [6.07, 6.45) is 9.45. The van der Waals surface area contributed by atoms with Crippen LogP contribution in [0.5, 0.6) is 17.5 Å². The van der Waals surface area contributed by atoms with Crippen molar-refractivity contribution in [3.05, 3.63) is 111 Å². The number of anilines is 5. The fraction of sp³-hybridized carbons (Fsp3) is 0.531. The number of piperazine rings is 1. The zero-order valence-corrected chi connectivity index (χ0v) is 51.2. The molecule has 1 spiro atoms. The maximum Gasteiger partial charge on any atom is 0.300 e. The first-order valence-corrected chi connectivity index (χ1v) is 32.7. The number of aromatic nitrogens is 4. The van der Waals surface area contributed by atoms with Crippen LogP contribution in [0.4, 0.5) is 34.3 Å². The minimum absolute atomic E-state index is 0.0294. The number of H-pyrrole nitrogens is 1. The van der Waals surface area contributed by atoms with E-state index in [4.69, 9.17) is 33.7 Å². The smallest absolute Gasteiger partial charge is 0.300 e. The van der Waals surface area contributed by atoms with Gasteiger partial charge in [0.25, 0.3) is 15.9 Å². The van der Waals surface area contributed by atoms with Crippen molar-refractivity contribution in [1.82, 2.24) is 34.5 Å². The second kappa shape index (κ2) is 23.2. The van der Waals surface area contributed by atoms with Crippen LogP contribution in [0, 0.1) is 34.3 Å². The van der Waals surface area contributed by atoms with Crippen molar-refractivity contribution in [3.63, 3.8) is 0 Å². The molecule has 2 aromatic carbocycles. The number of aryl methyl sites for hydroxylation is 1. The summed E-state index contributed by atoms with van der Waals surface area (Å²) in [6, 6.07) is 21.3. The van der Waals surface area contributed by atoms with Crippen molar-refractivity contribution >= 4 is 61.2 Å². The molecule has 88 heavy (non-hydrogen) atoms. The van der Waals surface area contributed by atoms with E-state index >= 15 is 0 Å². The maximum atomic E-state index is 15.0. The van der Waals surface area contributed by atoms with Gasteiger partial charge in [-0.25, -0.2) is 9.71 Å². The zero-order chi connectivity index (χ0) is 60.6. The number of aromatic amines is 1. The van der Waals surface area contributed by atoms with Gasteiger partial charge < -0.3 is 53.8 Å². The highest BCUT2D eigenvalue weighted by molar-refractivity contribution is 7.90. The molecule has 1 amide bonds. The number of benzene rings is 2. The maximum absolute atomic E-state index is 15.0. The highest BCUT2D eigenvalue weighted by atomic mass is 32.2. The van der Waals surface area contributed by atoms with Crippen LogP contribution in [0.15, 0.2) is 84.1 Å². The van der Waals surface area contributed by atoms with Crippen molar-refractivity contribution < 1.29 is 46.9 Å². The highest BCUT2D eigenvalue weighted by Gasteiger charge is 2.56. The van der Waals surface area contributed by atoms with Crippen LogP contribution in [-0.4, -0.2) is 170 Å². The Bertz CT molecular complexity index is 3750. The lowest BCUT2D eigenvalue weighted by Crippen LogP contribution is -2.64. The van der Waals surface area contributed by atoms with E-state index in [1.54, 1.807) is 26.3 Å². The van der Waals surface area contributed by atoms with Gasteiger partial charge in [-0.05, 0) is 136 Å². The minimum atomic E-state index is -4.86. The number of hydrogen-bond donors (Lipinski definition) is 4.